The van der Waals surface area contributed by atoms with Crippen LogP contribution in [0.3, 0.4) is 0 Å². The predicted octanol–water partition coefficient (Wildman–Crippen LogP) is 5.95. The predicted molar refractivity (Wildman–Crippen MR) is 120 cm³/mol. The summed E-state index contributed by atoms with van der Waals surface area (Å²) in [5.41, 5.74) is 1.24. The number of amides is 1. The van der Waals surface area contributed by atoms with E-state index in [2.05, 4.69) is 10.6 Å². The lowest BCUT2D eigenvalue weighted by Crippen LogP contribution is -2.43. The maximum atomic E-state index is 12.0. The lowest BCUT2D eigenvalue weighted by molar-refractivity contribution is -0.124. The number of nitrogens with one attached hydrogen (secondary N) is 2. The molecule has 2 aromatic rings. The summed E-state index contributed by atoms with van der Waals surface area (Å²) in [5.74, 6) is 0.705. The van der Waals surface area contributed by atoms with E-state index in [0.717, 1.165) is 11.3 Å². The molecule has 2 N–H and O–H groups in total. The van der Waals surface area contributed by atoms with Crippen LogP contribution in [0.4, 0.5) is 5.69 Å². The number of carbonyl (C=O) groups is 1. The van der Waals surface area contributed by atoms with Gasteiger partial charge in [-0.3, -0.25) is 4.79 Å². The lowest BCUT2D eigenvalue weighted by Gasteiger charge is -2.21. The van der Waals surface area contributed by atoms with Crippen molar-refractivity contribution in [2.45, 2.75) is 39.8 Å². The van der Waals surface area contributed by atoms with Gasteiger partial charge >= 0.3 is 0 Å². The average Bonchev–Trinajstić information content (AvgIpc) is 2.58. The maximum absolute atomic E-state index is 12.0. The Morgan fingerprint density at radius 3 is 2.17 bits per heavy atom. The zero-order valence-electron chi connectivity index (χ0n) is 16.9. The number of hydrogen-bond donors (Lipinski definition) is 2. The Kier molecular flexibility index (Phi) is 8.32. The van der Waals surface area contributed by atoms with Gasteiger partial charge in [-0.1, -0.05) is 34.8 Å². The van der Waals surface area contributed by atoms with Crippen LogP contribution in [0.15, 0.2) is 30.3 Å². The maximum Gasteiger partial charge on any atom is 0.258 e. The Hall–Kier alpha value is -1.82. The van der Waals surface area contributed by atoms with E-state index in [-0.39, 0.29) is 18.1 Å². The first-order valence-corrected chi connectivity index (χ1v) is 10.3. The molecule has 0 aromatic heterocycles. The van der Waals surface area contributed by atoms with Crippen molar-refractivity contribution in [3.8, 4) is 11.5 Å². The highest BCUT2D eigenvalue weighted by Gasteiger charge is 2.16. The summed E-state index contributed by atoms with van der Waals surface area (Å²) in [6.45, 7) is 8.33. The molecule has 158 valence electrons. The fraction of sp³-hybridized carbons (Fsp3) is 0.381. The van der Waals surface area contributed by atoms with E-state index in [1.807, 2.05) is 27.7 Å². The fourth-order valence-electron chi connectivity index (χ4n) is 2.54. The third kappa shape index (κ3) is 7.84. The molecule has 0 heterocycles. The Bertz CT molecular complexity index is 847. The van der Waals surface area contributed by atoms with Gasteiger partial charge in [0.2, 0.25) is 0 Å². The van der Waals surface area contributed by atoms with E-state index >= 15 is 0 Å². The molecule has 0 fully saturated rings. The van der Waals surface area contributed by atoms with Crippen molar-refractivity contribution >= 4 is 46.4 Å². The minimum absolute atomic E-state index is 0.133. The molecule has 0 saturated carbocycles. The van der Waals surface area contributed by atoms with Crippen molar-refractivity contribution in [2.24, 2.45) is 0 Å². The minimum Gasteiger partial charge on any atom is -0.490 e. The number of anilines is 1. The number of hydrogen-bond acceptors (Lipinski definition) is 4. The van der Waals surface area contributed by atoms with Crippen molar-refractivity contribution in [3.05, 3.63) is 51.0 Å². The van der Waals surface area contributed by atoms with Gasteiger partial charge in [0.25, 0.3) is 5.91 Å². The third-order valence-corrected chi connectivity index (χ3v) is 4.42. The van der Waals surface area contributed by atoms with Crippen molar-refractivity contribution in [2.75, 3.05) is 18.5 Å². The van der Waals surface area contributed by atoms with Gasteiger partial charge in [-0.2, -0.15) is 0 Å². The van der Waals surface area contributed by atoms with E-state index in [0.29, 0.717) is 39.7 Å². The van der Waals surface area contributed by atoms with E-state index in [1.165, 1.54) is 0 Å². The van der Waals surface area contributed by atoms with Gasteiger partial charge in [-0.25, -0.2) is 0 Å². The Morgan fingerprint density at radius 1 is 0.966 bits per heavy atom. The molecular formula is C21H25Cl3N2O3. The van der Waals surface area contributed by atoms with Crippen molar-refractivity contribution < 1.29 is 14.3 Å². The van der Waals surface area contributed by atoms with E-state index in [1.54, 1.807) is 30.3 Å². The molecule has 8 heteroatoms. The molecular weight excluding hydrogens is 435 g/mol. The molecule has 2 aromatic carbocycles. The highest BCUT2D eigenvalue weighted by molar-refractivity contribution is 6.35. The molecule has 1 amide bonds. The Balaban J connectivity index is 2.12. The molecule has 0 aliphatic heterocycles. The summed E-state index contributed by atoms with van der Waals surface area (Å²) in [7, 11) is 0. The van der Waals surface area contributed by atoms with Crippen LogP contribution in [0.5, 0.6) is 11.5 Å². The first-order chi connectivity index (χ1) is 13.6. The molecule has 0 saturated heterocycles. The Morgan fingerprint density at radius 2 is 1.59 bits per heavy atom. The zero-order chi connectivity index (χ0) is 21.6. The van der Waals surface area contributed by atoms with Crippen LogP contribution in [0.1, 0.15) is 33.3 Å². The topological polar surface area (TPSA) is 59.6 Å². The molecule has 5 nitrogen and oxygen atoms in total. The second-order valence-electron chi connectivity index (χ2n) is 7.42. The molecule has 0 bridgehead atoms. The zero-order valence-corrected chi connectivity index (χ0v) is 19.1. The molecule has 29 heavy (non-hydrogen) atoms. The number of rotatable bonds is 8. The quantitative estimate of drug-likeness (QED) is 0.512. The second-order valence-corrected chi connectivity index (χ2v) is 8.70. The SMILES string of the molecule is CCOc1cc(CNc2cc(Cl)cc(Cl)c2)c(Cl)cc1OCC(=O)NC(C)(C)C. The van der Waals surface area contributed by atoms with Crippen LogP contribution in [0.2, 0.25) is 15.1 Å². The monoisotopic (exact) mass is 458 g/mol. The van der Waals surface area contributed by atoms with Gasteiger partial charge in [0.15, 0.2) is 18.1 Å². The number of ether oxygens (including phenoxy) is 2. The van der Waals surface area contributed by atoms with Gasteiger partial charge < -0.3 is 20.1 Å². The average molecular weight is 460 g/mol. The molecule has 0 radical (unpaired) electrons. The highest BCUT2D eigenvalue weighted by atomic mass is 35.5. The molecule has 0 spiro atoms. The normalized spacial score (nSPS) is 11.1. The summed E-state index contributed by atoms with van der Waals surface area (Å²) >= 11 is 18.5. The van der Waals surface area contributed by atoms with Crippen LogP contribution in [-0.4, -0.2) is 24.7 Å². The van der Waals surface area contributed by atoms with Crippen molar-refractivity contribution in [1.29, 1.82) is 0 Å². The summed E-state index contributed by atoms with van der Waals surface area (Å²) in [6, 6.07) is 8.66. The Labute approximate surface area is 186 Å². The van der Waals surface area contributed by atoms with Crippen LogP contribution in [0.25, 0.3) is 0 Å². The van der Waals surface area contributed by atoms with E-state index in [9.17, 15) is 4.79 Å². The molecule has 0 aliphatic rings. The summed E-state index contributed by atoms with van der Waals surface area (Å²) in [4.78, 5) is 12.0. The molecule has 0 atom stereocenters. The fourth-order valence-corrected chi connectivity index (χ4v) is 3.29. The first-order valence-electron chi connectivity index (χ1n) is 9.16. The smallest absolute Gasteiger partial charge is 0.258 e. The lowest BCUT2D eigenvalue weighted by atomic mass is 10.1. The van der Waals surface area contributed by atoms with Crippen LogP contribution in [-0.2, 0) is 11.3 Å². The van der Waals surface area contributed by atoms with Gasteiger partial charge in [0, 0.05) is 38.9 Å². The van der Waals surface area contributed by atoms with E-state index < -0.39 is 0 Å². The summed E-state index contributed by atoms with van der Waals surface area (Å²) in [5, 5.41) is 7.65. The van der Waals surface area contributed by atoms with Crippen molar-refractivity contribution in [1.82, 2.24) is 5.32 Å². The van der Waals surface area contributed by atoms with Gasteiger partial charge in [0.1, 0.15) is 0 Å². The minimum atomic E-state index is -0.334. The largest absolute Gasteiger partial charge is 0.490 e. The molecule has 2 rings (SSSR count). The number of halogens is 3. The standard InChI is InChI=1S/C21H25Cl3N2O3/c1-5-28-18-6-13(11-25-16-8-14(22)7-15(23)9-16)17(24)10-19(18)29-12-20(27)26-21(2,3)4/h6-10,25H,5,11-12H2,1-4H3,(H,26,27). The highest BCUT2D eigenvalue weighted by Crippen LogP contribution is 2.34. The van der Waals surface area contributed by atoms with Gasteiger partial charge in [-0.15, -0.1) is 0 Å². The first kappa shape index (κ1) is 23.5. The third-order valence-electron chi connectivity index (χ3n) is 3.63. The molecule has 0 aliphatic carbocycles. The van der Waals surface area contributed by atoms with Gasteiger partial charge in [0.05, 0.1) is 6.61 Å². The molecule has 0 unspecified atom stereocenters. The van der Waals surface area contributed by atoms with Crippen LogP contribution in [0, 0.1) is 0 Å². The summed E-state index contributed by atoms with van der Waals surface area (Å²) in [6.07, 6.45) is 0. The van der Waals surface area contributed by atoms with Crippen LogP contribution >= 0.6 is 34.8 Å². The van der Waals surface area contributed by atoms with E-state index in [4.69, 9.17) is 44.3 Å². The summed E-state index contributed by atoms with van der Waals surface area (Å²) < 4.78 is 11.3. The van der Waals surface area contributed by atoms with Crippen molar-refractivity contribution in [3.63, 3.8) is 0 Å². The number of carbonyl (C=O) groups excluding carboxylic acids is 1. The second kappa shape index (κ2) is 10.3. The number of benzene rings is 2. The van der Waals surface area contributed by atoms with Crippen LogP contribution < -0.4 is 20.1 Å². The van der Waals surface area contributed by atoms with Gasteiger partial charge in [-0.05, 0) is 57.5 Å².